The molecule has 70 valence electrons. The van der Waals surface area contributed by atoms with E-state index >= 15 is 0 Å². The first-order valence-electron chi connectivity index (χ1n) is 3.77. The van der Waals surface area contributed by atoms with Gasteiger partial charge in [0.05, 0.1) is 6.10 Å². The minimum absolute atomic E-state index is 0.278. The number of hydrogen-bond donors (Lipinski definition) is 1. The van der Waals surface area contributed by atoms with Gasteiger partial charge in [0.2, 0.25) is 0 Å². The summed E-state index contributed by atoms with van der Waals surface area (Å²) in [6, 6.07) is -1.02. The molecular weight excluding hydrogens is 168 g/mol. The normalized spacial score (nSPS) is 25.2. The van der Waals surface area contributed by atoms with E-state index < -0.39 is 18.1 Å². The number of hydrogen-bond acceptors (Lipinski definition) is 2. The average Bonchev–Trinajstić information content (AvgIpc) is 2.35. The van der Waals surface area contributed by atoms with E-state index in [1.54, 1.807) is 13.8 Å². The number of alkyl halides is 2. The predicted octanol–water partition coefficient (Wildman–Crippen LogP) is 1.53. The lowest BCUT2D eigenvalue weighted by Gasteiger charge is -2.08. The van der Waals surface area contributed by atoms with Crippen LogP contribution < -0.4 is 5.32 Å². The molecule has 0 spiro atoms. The van der Waals surface area contributed by atoms with Gasteiger partial charge in [-0.1, -0.05) is 0 Å². The molecule has 1 aliphatic rings. The van der Waals surface area contributed by atoms with E-state index in [2.05, 4.69) is 10.1 Å². The first-order chi connectivity index (χ1) is 5.42. The summed E-state index contributed by atoms with van der Waals surface area (Å²) in [4.78, 5) is 10.7. The van der Waals surface area contributed by atoms with Gasteiger partial charge in [-0.2, -0.15) is 0 Å². The molecule has 0 aromatic heterocycles. The van der Waals surface area contributed by atoms with Crippen molar-refractivity contribution in [2.24, 2.45) is 0 Å². The zero-order valence-corrected chi connectivity index (χ0v) is 6.93. The Bertz CT molecular complexity index is 194. The Kier molecular flexibility index (Phi) is 2.21. The molecule has 0 aromatic carbocycles. The quantitative estimate of drug-likeness (QED) is 0.698. The summed E-state index contributed by atoms with van der Waals surface area (Å²) < 4.78 is 29.1. The van der Waals surface area contributed by atoms with Crippen LogP contribution in [-0.2, 0) is 4.74 Å². The van der Waals surface area contributed by atoms with Crippen LogP contribution in [0, 0.1) is 0 Å². The molecule has 1 fully saturated rings. The molecule has 1 amide bonds. The predicted molar refractivity (Wildman–Crippen MR) is 38.1 cm³/mol. The van der Waals surface area contributed by atoms with Crippen LogP contribution in [0.5, 0.6) is 0 Å². The fourth-order valence-corrected chi connectivity index (χ4v) is 0.760. The van der Waals surface area contributed by atoms with Crippen LogP contribution in [0.2, 0.25) is 0 Å². The maximum Gasteiger partial charge on any atom is 0.407 e. The zero-order chi connectivity index (χ0) is 9.35. The monoisotopic (exact) mass is 179 g/mol. The standard InChI is InChI=1S/C7H11F2NO2/c1-4(2)12-6(11)10-5-3-7(5,8)9/h4-5H,3H2,1-2H3,(H,10,11)/t5-/m0/s1. The van der Waals surface area contributed by atoms with Gasteiger partial charge in [-0.3, -0.25) is 0 Å². The van der Waals surface area contributed by atoms with Crippen molar-refractivity contribution in [2.45, 2.75) is 38.3 Å². The van der Waals surface area contributed by atoms with E-state index in [9.17, 15) is 13.6 Å². The van der Waals surface area contributed by atoms with Crippen molar-refractivity contribution in [1.82, 2.24) is 5.32 Å². The Morgan fingerprint density at radius 1 is 1.67 bits per heavy atom. The Morgan fingerprint density at radius 3 is 2.50 bits per heavy atom. The topological polar surface area (TPSA) is 38.3 Å². The van der Waals surface area contributed by atoms with E-state index in [0.29, 0.717) is 0 Å². The van der Waals surface area contributed by atoms with Crippen LogP contribution in [0.1, 0.15) is 20.3 Å². The van der Waals surface area contributed by atoms with E-state index in [4.69, 9.17) is 0 Å². The van der Waals surface area contributed by atoms with Crippen molar-refractivity contribution in [3.8, 4) is 0 Å². The number of ether oxygens (including phenoxy) is 1. The maximum atomic E-state index is 12.2. The van der Waals surface area contributed by atoms with Gasteiger partial charge in [0.1, 0.15) is 6.04 Å². The highest BCUT2D eigenvalue weighted by molar-refractivity contribution is 5.68. The number of amides is 1. The summed E-state index contributed by atoms with van der Waals surface area (Å²) in [5.41, 5.74) is 0. The number of alkyl carbamates (subject to hydrolysis) is 1. The van der Waals surface area contributed by atoms with Crippen molar-refractivity contribution in [1.29, 1.82) is 0 Å². The van der Waals surface area contributed by atoms with Crippen molar-refractivity contribution in [3.05, 3.63) is 0 Å². The molecule has 0 bridgehead atoms. The summed E-state index contributed by atoms with van der Waals surface area (Å²) in [7, 11) is 0. The molecule has 3 nitrogen and oxygen atoms in total. The second-order valence-corrected chi connectivity index (χ2v) is 3.12. The summed E-state index contributed by atoms with van der Waals surface area (Å²) >= 11 is 0. The van der Waals surface area contributed by atoms with E-state index in [1.807, 2.05) is 0 Å². The minimum Gasteiger partial charge on any atom is -0.447 e. The van der Waals surface area contributed by atoms with Crippen molar-refractivity contribution >= 4 is 6.09 Å². The highest BCUT2D eigenvalue weighted by Crippen LogP contribution is 2.41. The minimum atomic E-state index is -2.73. The first-order valence-corrected chi connectivity index (χ1v) is 3.77. The lowest BCUT2D eigenvalue weighted by atomic mass is 10.5. The largest absolute Gasteiger partial charge is 0.447 e. The van der Waals surface area contributed by atoms with Crippen molar-refractivity contribution in [3.63, 3.8) is 0 Å². The second-order valence-electron chi connectivity index (χ2n) is 3.12. The molecule has 1 saturated carbocycles. The van der Waals surface area contributed by atoms with Gasteiger partial charge in [-0.15, -0.1) is 0 Å². The van der Waals surface area contributed by atoms with E-state index in [1.165, 1.54) is 0 Å². The highest BCUT2D eigenvalue weighted by atomic mass is 19.3. The molecular formula is C7H11F2NO2. The van der Waals surface area contributed by atoms with Crippen molar-refractivity contribution in [2.75, 3.05) is 0 Å². The Labute approximate surface area is 69.1 Å². The molecule has 0 aliphatic heterocycles. The number of carbonyl (C=O) groups is 1. The van der Waals surface area contributed by atoms with Crippen molar-refractivity contribution < 1.29 is 18.3 Å². The third-order valence-electron chi connectivity index (χ3n) is 1.46. The SMILES string of the molecule is CC(C)OC(=O)N[C@H]1CC1(F)F. The number of rotatable bonds is 2. The molecule has 0 unspecified atom stereocenters. The van der Waals surface area contributed by atoms with Crippen LogP contribution in [-0.4, -0.2) is 24.2 Å². The number of halogens is 2. The molecule has 1 atom stereocenters. The third kappa shape index (κ3) is 2.32. The van der Waals surface area contributed by atoms with E-state index in [-0.39, 0.29) is 12.5 Å². The van der Waals surface area contributed by atoms with Gasteiger partial charge in [0.25, 0.3) is 5.92 Å². The summed E-state index contributed by atoms with van der Waals surface area (Å²) in [6.07, 6.45) is -1.33. The Balaban J connectivity index is 2.21. The third-order valence-corrected chi connectivity index (χ3v) is 1.46. The van der Waals surface area contributed by atoms with Crippen LogP contribution >= 0.6 is 0 Å². The second kappa shape index (κ2) is 2.88. The fraction of sp³-hybridized carbons (Fsp3) is 0.857. The fourth-order valence-electron chi connectivity index (χ4n) is 0.760. The van der Waals surface area contributed by atoms with Gasteiger partial charge in [-0.05, 0) is 13.8 Å². The van der Waals surface area contributed by atoms with Gasteiger partial charge < -0.3 is 10.1 Å². The van der Waals surface area contributed by atoms with E-state index in [0.717, 1.165) is 0 Å². The van der Waals surface area contributed by atoms with Crippen LogP contribution in [0.15, 0.2) is 0 Å². The van der Waals surface area contributed by atoms with Crippen LogP contribution in [0.4, 0.5) is 13.6 Å². The Morgan fingerprint density at radius 2 is 2.17 bits per heavy atom. The van der Waals surface area contributed by atoms with Crippen LogP contribution in [0.3, 0.4) is 0 Å². The molecule has 0 radical (unpaired) electrons. The molecule has 12 heavy (non-hydrogen) atoms. The molecule has 0 aromatic rings. The van der Waals surface area contributed by atoms with Gasteiger partial charge >= 0.3 is 6.09 Å². The first kappa shape index (κ1) is 9.22. The highest BCUT2D eigenvalue weighted by Gasteiger charge is 2.58. The summed E-state index contributed by atoms with van der Waals surface area (Å²) in [5.74, 6) is -2.73. The maximum absolute atomic E-state index is 12.2. The molecule has 5 heteroatoms. The molecule has 1 aliphatic carbocycles. The summed E-state index contributed by atoms with van der Waals surface area (Å²) in [5, 5.41) is 2.06. The summed E-state index contributed by atoms with van der Waals surface area (Å²) in [6.45, 7) is 3.31. The van der Waals surface area contributed by atoms with Gasteiger partial charge in [0.15, 0.2) is 0 Å². The zero-order valence-electron chi connectivity index (χ0n) is 6.93. The van der Waals surface area contributed by atoms with Gasteiger partial charge in [-0.25, -0.2) is 13.6 Å². The Hall–Kier alpha value is -0.870. The molecule has 1 rings (SSSR count). The number of carbonyl (C=O) groups excluding carboxylic acids is 1. The average molecular weight is 179 g/mol. The molecule has 0 heterocycles. The number of nitrogens with one attached hydrogen (secondary N) is 1. The van der Waals surface area contributed by atoms with Gasteiger partial charge in [0, 0.05) is 6.42 Å². The smallest absolute Gasteiger partial charge is 0.407 e. The molecule has 1 N–H and O–H groups in total. The molecule has 0 saturated heterocycles. The van der Waals surface area contributed by atoms with Crippen LogP contribution in [0.25, 0.3) is 0 Å². The lowest BCUT2D eigenvalue weighted by Crippen LogP contribution is -2.31. The lowest BCUT2D eigenvalue weighted by molar-refractivity contribution is 0.0900.